The Balaban J connectivity index is 2.05. The number of likely N-dealkylation sites (tertiary alicyclic amines) is 1. The van der Waals surface area contributed by atoms with E-state index in [0.29, 0.717) is 0 Å². The van der Waals surface area contributed by atoms with Gasteiger partial charge in [0.15, 0.2) is 0 Å². The zero-order chi connectivity index (χ0) is 9.97. The van der Waals surface area contributed by atoms with Gasteiger partial charge in [-0.25, -0.2) is 0 Å². The second kappa shape index (κ2) is 3.66. The van der Waals surface area contributed by atoms with Crippen molar-refractivity contribution in [2.45, 2.75) is 6.92 Å². The molecule has 0 spiro atoms. The Morgan fingerprint density at radius 2 is 1.93 bits per heavy atom. The van der Waals surface area contributed by atoms with Crippen molar-refractivity contribution >= 4 is 5.91 Å². The zero-order valence-corrected chi connectivity index (χ0v) is 8.23. The Morgan fingerprint density at radius 1 is 1.29 bits per heavy atom. The Morgan fingerprint density at radius 3 is 2.50 bits per heavy atom. The first-order chi connectivity index (χ1) is 6.81. The molecule has 0 aromatic heterocycles. The first kappa shape index (κ1) is 9.00. The van der Waals surface area contributed by atoms with Gasteiger partial charge in [0.2, 0.25) is 0 Å². The molecule has 2 rings (SSSR count). The van der Waals surface area contributed by atoms with Crippen LogP contribution in [0.2, 0.25) is 0 Å². The normalized spacial score (nSPS) is 14.9. The minimum absolute atomic E-state index is 0.135. The number of allylic oxidation sites excluding steroid dienone is 1. The molecule has 0 radical (unpaired) electrons. The van der Waals surface area contributed by atoms with Crippen LogP contribution in [0.3, 0.4) is 0 Å². The highest BCUT2D eigenvalue weighted by atomic mass is 16.2. The van der Waals surface area contributed by atoms with Crippen LogP contribution >= 0.6 is 0 Å². The molecule has 0 saturated carbocycles. The number of rotatable bonds is 1. The van der Waals surface area contributed by atoms with E-state index in [0.717, 1.165) is 18.7 Å². The minimum Gasteiger partial charge on any atom is -0.331 e. The van der Waals surface area contributed by atoms with Gasteiger partial charge in [0.05, 0.1) is 0 Å². The topological polar surface area (TPSA) is 20.3 Å². The maximum Gasteiger partial charge on any atom is 0.254 e. The van der Waals surface area contributed by atoms with Crippen LogP contribution < -0.4 is 0 Å². The molecule has 0 unspecified atom stereocenters. The summed E-state index contributed by atoms with van der Waals surface area (Å²) in [6.45, 7) is 3.61. The van der Waals surface area contributed by atoms with Crippen molar-refractivity contribution in [2.75, 3.05) is 13.1 Å². The predicted octanol–water partition coefficient (Wildman–Crippen LogP) is 2.09. The maximum atomic E-state index is 11.8. The van der Waals surface area contributed by atoms with E-state index in [1.807, 2.05) is 42.2 Å². The van der Waals surface area contributed by atoms with Crippen molar-refractivity contribution in [1.82, 2.24) is 4.90 Å². The highest BCUT2D eigenvalue weighted by Crippen LogP contribution is 2.17. The molecule has 1 aromatic carbocycles. The van der Waals surface area contributed by atoms with E-state index in [9.17, 15) is 4.79 Å². The summed E-state index contributed by atoms with van der Waals surface area (Å²) in [5, 5.41) is 0. The zero-order valence-electron chi connectivity index (χ0n) is 8.23. The molecular weight excluding hydrogens is 174 g/mol. The fraction of sp³-hybridized carbons (Fsp3) is 0.250. The molecule has 1 amide bonds. The molecule has 0 atom stereocenters. The van der Waals surface area contributed by atoms with Gasteiger partial charge in [-0.1, -0.05) is 24.3 Å². The molecule has 0 N–H and O–H groups in total. The van der Waals surface area contributed by atoms with Crippen molar-refractivity contribution in [3.05, 3.63) is 47.5 Å². The van der Waals surface area contributed by atoms with Crippen molar-refractivity contribution in [1.29, 1.82) is 0 Å². The highest BCUT2D eigenvalue weighted by Gasteiger charge is 2.24. The molecule has 1 heterocycles. The van der Waals surface area contributed by atoms with E-state index in [1.165, 1.54) is 5.57 Å². The van der Waals surface area contributed by atoms with Crippen LogP contribution in [0, 0.1) is 0 Å². The van der Waals surface area contributed by atoms with Crippen LogP contribution in [-0.2, 0) is 0 Å². The van der Waals surface area contributed by atoms with Gasteiger partial charge < -0.3 is 4.90 Å². The lowest BCUT2D eigenvalue weighted by Crippen LogP contribution is -2.44. The summed E-state index contributed by atoms with van der Waals surface area (Å²) >= 11 is 0. The van der Waals surface area contributed by atoms with Crippen LogP contribution in [-0.4, -0.2) is 23.9 Å². The van der Waals surface area contributed by atoms with Gasteiger partial charge in [0.25, 0.3) is 5.91 Å². The number of benzene rings is 1. The Bertz CT molecular complexity index is 359. The van der Waals surface area contributed by atoms with E-state index >= 15 is 0 Å². The van der Waals surface area contributed by atoms with Gasteiger partial charge in [-0.2, -0.15) is 0 Å². The van der Waals surface area contributed by atoms with Gasteiger partial charge in [0, 0.05) is 18.7 Å². The molecule has 0 bridgehead atoms. The van der Waals surface area contributed by atoms with Crippen LogP contribution in [0.25, 0.3) is 0 Å². The molecular formula is C12H13NO. The van der Waals surface area contributed by atoms with Crippen LogP contribution in [0.15, 0.2) is 42.0 Å². The molecule has 0 aliphatic carbocycles. The Hall–Kier alpha value is -1.57. The third-order valence-corrected chi connectivity index (χ3v) is 2.50. The molecule has 1 aliphatic rings. The average Bonchev–Trinajstić information content (AvgIpc) is 2.17. The second-order valence-electron chi connectivity index (χ2n) is 3.47. The Labute approximate surface area is 83.8 Å². The molecule has 1 saturated heterocycles. The first-order valence-electron chi connectivity index (χ1n) is 4.79. The molecule has 72 valence electrons. The van der Waals surface area contributed by atoms with Crippen LogP contribution in [0.4, 0.5) is 0 Å². The number of amides is 1. The van der Waals surface area contributed by atoms with Crippen LogP contribution in [0.1, 0.15) is 17.3 Å². The number of carbonyl (C=O) groups is 1. The fourth-order valence-electron chi connectivity index (χ4n) is 1.53. The van der Waals surface area contributed by atoms with Crippen molar-refractivity contribution < 1.29 is 4.79 Å². The standard InChI is InChI=1S/C12H13NO/c1-2-10-8-13(9-10)12(14)11-6-4-3-5-7-11/h2-7H,8-9H2,1H3. The summed E-state index contributed by atoms with van der Waals surface area (Å²) in [5.74, 6) is 0.135. The lowest BCUT2D eigenvalue weighted by Gasteiger charge is -2.34. The molecule has 2 nitrogen and oxygen atoms in total. The van der Waals surface area contributed by atoms with E-state index in [1.54, 1.807) is 0 Å². The largest absolute Gasteiger partial charge is 0.331 e. The van der Waals surface area contributed by atoms with Crippen LogP contribution in [0.5, 0.6) is 0 Å². The van der Waals surface area contributed by atoms with Gasteiger partial charge in [-0.05, 0) is 24.6 Å². The summed E-state index contributed by atoms with van der Waals surface area (Å²) < 4.78 is 0. The van der Waals surface area contributed by atoms with Gasteiger partial charge in [0.1, 0.15) is 0 Å². The van der Waals surface area contributed by atoms with Gasteiger partial charge >= 0.3 is 0 Å². The molecule has 1 aliphatic heterocycles. The minimum atomic E-state index is 0.135. The fourth-order valence-corrected chi connectivity index (χ4v) is 1.53. The van der Waals surface area contributed by atoms with E-state index < -0.39 is 0 Å². The lowest BCUT2D eigenvalue weighted by atomic mass is 10.1. The molecule has 1 aromatic rings. The second-order valence-corrected chi connectivity index (χ2v) is 3.47. The average molecular weight is 187 g/mol. The summed E-state index contributed by atoms with van der Waals surface area (Å²) in [6, 6.07) is 9.42. The van der Waals surface area contributed by atoms with Gasteiger partial charge in [-0.15, -0.1) is 0 Å². The van der Waals surface area contributed by atoms with Crippen molar-refractivity contribution in [3.8, 4) is 0 Å². The molecule has 14 heavy (non-hydrogen) atoms. The summed E-state index contributed by atoms with van der Waals surface area (Å²) in [6.07, 6.45) is 2.08. The third kappa shape index (κ3) is 1.55. The summed E-state index contributed by atoms with van der Waals surface area (Å²) in [5.41, 5.74) is 2.12. The van der Waals surface area contributed by atoms with Crippen molar-refractivity contribution in [3.63, 3.8) is 0 Å². The quantitative estimate of drug-likeness (QED) is 0.616. The number of hydrogen-bond donors (Lipinski definition) is 0. The lowest BCUT2D eigenvalue weighted by molar-refractivity contribution is 0.0727. The SMILES string of the molecule is CC=C1CN(C(=O)c2ccccc2)C1. The van der Waals surface area contributed by atoms with Gasteiger partial charge in [-0.3, -0.25) is 4.79 Å². The summed E-state index contributed by atoms with van der Waals surface area (Å²) in [4.78, 5) is 13.6. The van der Waals surface area contributed by atoms with E-state index in [4.69, 9.17) is 0 Å². The molecule has 1 fully saturated rings. The number of nitrogens with zero attached hydrogens (tertiary/aromatic N) is 1. The highest BCUT2D eigenvalue weighted by molar-refractivity contribution is 5.95. The Kier molecular flexibility index (Phi) is 2.35. The number of carbonyl (C=O) groups excluding carboxylic acids is 1. The molecule has 2 heteroatoms. The predicted molar refractivity (Wildman–Crippen MR) is 56.1 cm³/mol. The van der Waals surface area contributed by atoms with E-state index in [-0.39, 0.29) is 5.91 Å². The maximum absolute atomic E-state index is 11.8. The summed E-state index contributed by atoms with van der Waals surface area (Å²) in [7, 11) is 0. The smallest absolute Gasteiger partial charge is 0.254 e. The monoisotopic (exact) mass is 187 g/mol. The van der Waals surface area contributed by atoms with E-state index in [2.05, 4.69) is 6.08 Å². The number of hydrogen-bond acceptors (Lipinski definition) is 1. The third-order valence-electron chi connectivity index (χ3n) is 2.50. The first-order valence-corrected chi connectivity index (χ1v) is 4.79. The van der Waals surface area contributed by atoms with Crippen molar-refractivity contribution in [2.24, 2.45) is 0 Å².